The summed E-state index contributed by atoms with van der Waals surface area (Å²) in [5, 5.41) is 12.0. The molecule has 0 fully saturated rings. The van der Waals surface area contributed by atoms with E-state index in [4.69, 9.17) is 4.42 Å². The van der Waals surface area contributed by atoms with Gasteiger partial charge in [-0.05, 0) is 36.8 Å². The minimum atomic E-state index is -0.163. The molecule has 1 atom stereocenters. The van der Waals surface area contributed by atoms with Crippen molar-refractivity contribution < 1.29 is 9.21 Å². The molecule has 2 aromatic heterocycles. The van der Waals surface area contributed by atoms with Gasteiger partial charge < -0.3 is 9.73 Å². The molecule has 1 unspecified atom stereocenters. The fraction of sp³-hybridized carbons (Fsp3) is 0.143. The second kappa shape index (κ2) is 7.37. The van der Waals surface area contributed by atoms with Gasteiger partial charge in [0, 0.05) is 17.1 Å². The first-order valence-electron chi connectivity index (χ1n) is 8.71. The topological polar surface area (TPSA) is 80.9 Å². The Kier molecular flexibility index (Phi) is 4.61. The molecule has 0 radical (unpaired) electrons. The lowest BCUT2D eigenvalue weighted by molar-refractivity contribution is -0.121. The predicted molar refractivity (Wildman–Crippen MR) is 102 cm³/mol. The molecule has 0 aliphatic carbocycles. The normalized spacial score (nSPS) is 12.0. The molecular weight excluding hydrogens is 340 g/mol. The first-order valence-corrected chi connectivity index (χ1v) is 8.71. The minimum Gasteiger partial charge on any atom is -0.420 e. The quantitative estimate of drug-likeness (QED) is 0.588. The van der Waals surface area contributed by atoms with Crippen LogP contribution in [-0.2, 0) is 11.2 Å². The molecule has 0 saturated carbocycles. The second-order valence-electron chi connectivity index (χ2n) is 6.29. The van der Waals surface area contributed by atoms with E-state index in [2.05, 4.69) is 20.5 Å². The van der Waals surface area contributed by atoms with Crippen LogP contribution in [0, 0.1) is 0 Å². The van der Waals surface area contributed by atoms with Crippen LogP contribution in [0.1, 0.15) is 24.4 Å². The number of carbonyl (C=O) groups excluding carboxylic acids is 1. The molecule has 0 saturated heterocycles. The lowest BCUT2D eigenvalue weighted by Crippen LogP contribution is -2.28. The molecular formula is C21H18N4O2. The van der Waals surface area contributed by atoms with E-state index >= 15 is 0 Å². The molecule has 4 rings (SSSR count). The van der Waals surface area contributed by atoms with Crippen molar-refractivity contribution in [3.8, 4) is 11.5 Å². The first kappa shape index (κ1) is 16.9. The lowest BCUT2D eigenvalue weighted by atomic mass is 10.1. The van der Waals surface area contributed by atoms with Crippen LogP contribution in [0.5, 0.6) is 0 Å². The van der Waals surface area contributed by atoms with E-state index in [-0.39, 0.29) is 24.3 Å². The van der Waals surface area contributed by atoms with E-state index < -0.39 is 0 Å². The highest BCUT2D eigenvalue weighted by Crippen LogP contribution is 2.22. The summed E-state index contributed by atoms with van der Waals surface area (Å²) in [7, 11) is 0. The largest absolute Gasteiger partial charge is 0.420 e. The second-order valence-corrected chi connectivity index (χ2v) is 6.29. The summed E-state index contributed by atoms with van der Waals surface area (Å²) in [6.07, 6.45) is 1.79. The third-order valence-electron chi connectivity index (χ3n) is 4.31. The van der Waals surface area contributed by atoms with Crippen LogP contribution in [0.3, 0.4) is 0 Å². The Morgan fingerprint density at radius 1 is 1.07 bits per heavy atom. The Labute approximate surface area is 156 Å². The van der Waals surface area contributed by atoms with Crippen molar-refractivity contribution in [1.29, 1.82) is 0 Å². The zero-order valence-electron chi connectivity index (χ0n) is 14.8. The smallest absolute Gasteiger partial charge is 0.247 e. The van der Waals surface area contributed by atoms with Gasteiger partial charge >= 0.3 is 0 Å². The summed E-state index contributed by atoms with van der Waals surface area (Å²) in [6.45, 7) is 1.94. The van der Waals surface area contributed by atoms with Crippen molar-refractivity contribution in [1.82, 2.24) is 20.5 Å². The Morgan fingerprint density at radius 3 is 2.78 bits per heavy atom. The zero-order chi connectivity index (χ0) is 18.6. The van der Waals surface area contributed by atoms with Gasteiger partial charge in [-0.1, -0.05) is 36.4 Å². The van der Waals surface area contributed by atoms with Crippen molar-refractivity contribution in [2.75, 3.05) is 0 Å². The molecule has 1 amide bonds. The predicted octanol–water partition coefficient (Wildman–Crippen LogP) is 3.70. The van der Waals surface area contributed by atoms with Crippen LogP contribution in [0.2, 0.25) is 0 Å². The molecule has 6 nitrogen and oxygen atoms in total. The zero-order valence-corrected chi connectivity index (χ0v) is 14.8. The average molecular weight is 358 g/mol. The van der Waals surface area contributed by atoms with Gasteiger partial charge in [0.05, 0.1) is 11.6 Å². The number of aromatic nitrogens is 3. The summed E-state index contributed by atoms with van der Waals surface area (Å²) >= 11 is 0. The molecule has 6 heteroatoms. The Hall–Kier alpha value is -3.54. The first-order chi connectivity index (χ1) is 13.2. The fourth-order valence-corrected chi connectivity index (χ4v) is 2.91. The fourth-order valence-electron chi connectivity index (χ4n) is 2.91. The Bertz CT molecular complexity index is 1080. The van der Waals surface area contributed by atoms with Gasteiger partial charge in [-0.15, -0.1) is 10.2 Å². The van der Waals surface area contributed by atoms with E-state index in [9.17, 15) is 4.79 Å². The summed E-state index contributed by atoms with van der Waals surface area (Å²) < 4.78 is 5.67. The maximum absolute atomic E-state index is 12.3. The summed E-state index contributed by atoms with van der Waals surface area (Å²) in [5.41, 5.74) is 2.74. The van der Waals surface area contributed by atoms with Crippen molar-refractivity contribution in [2.24, 2.45) is 0 Å². The van der Waals surface area contributed by atoms with E-state index in [0.29, 0.717) is 5.89 Å². The molecule has 27 heavy (non-hydrogen) atoms. The molecule has 134 valence electrons. The monoisotopic (exact) mass is 358 g/mol. The number of rotatable bonds is 5. The highest BCUT2D eigenvalue weighted by Gasteiger charge is 2.15. The number of nitrogens with zero attached hydrogens (tertiary/aromatic N) is 3. The Morgan fingerprint density at radius 2 is 1.93 bits per heavy atom. The highest BCUT2D eigenvalue weighted by atomic mass is 16.4. The van der Waals surface area contributed by atoms with Gasteiger partial charge in [-0.25, -0.2) is 0 Å². The van der Waals surface area contributed by atoms with Gasteiger partial charge in [0.25, 0.3) is 0 Å². The number of amides is 1. The van der Waals surface area contributed by atoms with Gasteiger partial charge in [0.1, 0.15) is 6.42 Å². The van der Waals surface area contributed by atoms with Crippen molar-refractivity contribution in [3.63, 3.8) is 0 Å². The molecule has 0 aliphatic rings. The lowest BCUT2D eigenvalue weighted by Gasteiger charge is -2.13. The van der Waals surface area contributed by atoms with E-state index in [1.807, 2.05) is 67.6 Å². The number of nitrogens with one attached hydrogen (secondary N) is 1. The van der Waals surface area contributed by atoms with Crippen molar-refractivity contribution in [2.45, 2.75) is 19.4 Å². The van der Waals surface area contributed by atoms with Crippen LogP contribution in [-0.4, -0.2) is 21.1 Å². The molecule has 2 aromatic carbocycles. The number of hydrogen-bond acceptors (Lipinski definition) is 5. The van der Waals surface area contributed by atoms with Crippen LogP contribution in [0.25, 0.3) is 22.4 Å². The van der Waals surface area contributed by atoms with Crippen LogP contribution < -0.4 is 5.32 Å². The highest BCUT2D eigenvalue weighted by molar-refractivity contribution is 5.83. The molecule has 1 N–H and O–H groups in total. The molecule has 0 bridgehead atoms. The van der Waals surface area contributed by atoms with Crippen molar-refractivity contribution in [3.05, 3.63) is 78.3 Å². The third kappa shape index (κ3) is 3.84. The number of carbonyl (C=O) groups is 1. The summed E-state index contributed by atoms with van der Waals surface area (Å²) in [6, 6.07) is 19.3. The maximum atomic E-state index is 12.3. The van der Waals surface area contributed by atoms with Crippen LogP contribution in [0.15, 0.2) is 71.3 Å². The van der Waals surface area contributed by atoms with E-state index in [1.54, 1.807) is 6.20 Å². The Balaban J connectivity index is 1.45. The van der Waals surface area contributed by atoms with Crippen molar-refractivity contribution >= 4 is 16.8 Å². The summed E-state index contributed by atoms with van der Waals surface area (Å²) in [4.78, 5) is 16.6. The van der Waals surface area contributed by atoms with Gasteiger partial charge in [-0.3, -0.25) is 9.78 Å². The number of hydrogen-bond donors (Lipinski definition) is 1. The molecule has 0 spiro atoms. The molecule has 2 heterocycles. The standard InChI is InChI=1S/C21H18N4O2/c1-14(15-6-3-2-4-7-15)23-19(26)13-20-24-25-21(27-20)17-9-10-18-16(12-17)8-5-11-22-18/h2-12,14H,13H2,1H3,(H,23,26). The van der Waals surface area contributed by atoms with Crippen LogP contribution >= 0.6 is 0 Å². The number of pyridine rings is 1. The average Bonchev–Trinajstić information content (AvgIpc) is 3.16. The van der Waals surface area contributed by atoms with Crippen LogP contribution in [0.4, 0.5) is 0 Å². The van der Waals surface area contributed by atoms with Gasteiger partial charge in [-0.2, -0.15) is 0 Å². The number of fused-ring (bicyclic) bond motifs is 1. The molecule has 4 aromatic rings. The van der Waals surface area contributed by atoms with Gasteiger partial charge in [0.15, 0.2) is 0 Å². The number of benzene rings is 2. The minimum absolute atomic E-state index is 0.0410. The SMILES string of the molecule is CC(NC(=O)Cc1nnc(-c2ccc3ncccc3c2)o1)c1ccccc1. The van der Waals surface area contributed by atoms with Gasteiger partial charge in [0.2, 0.25) is 17.7 Å². The van der Waals surface area contributed by atoms with E-state index in [1.165, 1.54) is 0 Å². The van der Waals surface area contributed by atoms with E-state index in [0.717, 1.165) is 22.0 Å². The summed E-state index contributed by atoms with van der Waals surface area (Å²) in [5.74, 6) is 0.512. The maximum Gasteiger partial charge on any atom is 0.247 e. The molecule has 0 aliphatic heterocycles. The third-order valence-corrected chi connectivity index (χ3v) is 4.31.